The van der Waals surface area contributed by atoms with Gasteiger partial charge in [0.1, 0.15) is 6.61 Å². The van der Waals surface area contributed by atoms with Gasteiger partial charge in [0.25, 0.3) is 0 Å². The van der Waals surface area contributed by atoms with E-state index in [0.717, 1.165) is 0 Å². The molecule has 0 spiro atoms. The van der Waals surface area contributed by atoms with Crippen molar-refractivity contribution in [2.75, 3.05) is 25.1 Å². The second kappa shape index (κ2) is 6.11. The molecule has 0 bridgehead atoms. The van der Waals surface area contributed by atoms with Gasteiger partial charge in [-0.2, -0.15) is 18.4 Å². The molecular formula is C11H11F3N2O. The normalized spacial score (nSPS) is 10.9. The molecule has 0 saturated carbocycles. The van der Waals surface area contributed by atoms with Crippen LogP contribution < -0.4 is 5.32 Å². The van der Waals surface area contributed by atoms with Crippen molar-refractivity contribution in [1.29, 1.82) is 5.26 Å². The van der Waals surface area contributed by atoms with Gasteiger partial charge in [-0.05, 0) is 18.2 Å². The number of hydrogen-bond donors (Lipinski definition) is 1. The van der Waals surface area contributed by atoms with Crippen molar-refractivity contribution in [1.82, 2.24) is 0 Å². The first kappa shape index (κ1) is 13.3. The summed E-state index contributed by atoms with van der Waals surface area (Å²) in [5, 5.41) is 11.5. The van der Waals surface area contributed by atoms with Crippen molar-refractivity contribution >= 4 is 5.69 Å². The summed E-state index contributed by atoms with van der Waals surface area (Å²) in [6.45, 7) is -1.03. The van der Waals surface area contributed by atoms with Crippen LogP contribution in [-0.2, 0) is 4.74 Å². The molecule has 0 amide bonds. The fourth-order valence-corrected chi connectivity index (χ4v) is 1.15. The lowest BCUT2D eigenvalue weighted by atomic mass is 10.2. The molecule has 92 valence electrons. The molecule has 0 unspecified atom stereocenters. The minimum atomic E-state index is -4.29. The van der Waals surface area contributed by atoms with Crippen LogP contribution in [0.4, 0.5) is 18.9 Å². The molecule has 0 aliphatic rings. The van der Waals surface area contributed by atoms with Gasteiger partial charge >= 0.3 is 6.18 Å². The van der Waals surface area contributed by atoms with Gasteiger partial charge in [-0.1, -0.05) is 6.07 Å². The lowest BCUT2D eigenvalue weighted by molar-refractivity contribution is -0.172. The number of benzene rings is 1. The lowest BCUT2D eigenvalue weighted by Crippen LogP contribution is -2.20. The van der Waals surface area contributed by atoms with Gasteiger partial charge in [0.2, 0.25) is 0 Å². The predicted octanol–water partition coefficient (Wildman–Crippen LogP) is 2.55. The minimum Gasteiger partial charge on any atom is -0.383 e. The van der Waals surface area contributed by atoms with Crippen LogP contribution in [0.2, 0.25) is 0 Å². The molecule has 0 aromatic heterocycles. The third-order valence-corrected chi connectivity index (χ3v) is 1.83. The van der Waals surface area contributed by atoms with E-state index >= 15 is 0 Å². The Balaban J connectivity index is 2.25. The number of rotatable bonds is 5. The highest BCUT2D eigenvalue weighted by Gasteiger charge is 2.27. The van der Waals surface area contributed by atoms with Crippen molar-refractivity contribution < 1.29 is 17.9 Å². The van der Waals surface area contributed by atoms with Crippen LogP contribution in [0.15, 0.2) is 24.3 Å². The average Bonchev–Trinajstić information content (AvgIpc) is 2.27. The first-order valence-electron chi connectivity index (χ1n) is 4.90. The zero-order chi connectivity index (χ0) is 12.7. The number of nitrogens with zero attached hydrogens (tertiary/aromatic N) is 1. The highest BCUT2D eigenvalue weighted by Crippen LogP contribution is 2.14. The summed E-state index contributed by atoms with van der Waals surface area (Å²) in [4.78, 5) is 0. The van der Waals surface area contributed by atoms with Gasteiger partial charge < -0.3 is 10.1 Å². The Morgan fingerprint density at radius 1 is 1.35 bits per heavy atom. The van der Waals surface area contributed by atoms with Crippen LogP contribution in [0.1, 0.15) is 5.56 Å². The molecular weight excluding hydrogens is 233 g/mol. The van der Waals surface area contributed by atoms with E-state index in [1.54, 1.807) is 24.3 Å². The van der Waals surface area contributed by atoms with Gasteiger partial charge in [-0.25, -0.2) is 0 Å². The van der Waals surface area contributed by atoms with Crippen LogP contribution in [0, 0.1) is 11.3 Å². The molecule has 6 heteroatoms. The number of nitrogens with one attached hydrogen (secondary N) is 1. The van der Waals surface area contributed by atoms with E-state index in [-0.39, 0.29) is 13.2 Å². The molecule has 1 aromatic carbocycles. The average molecular weight is 244 g/mol. The van der Waals surface area contributed by atoms with E-state index in [1.165, 1.54) is 0 Å². The maximum Gasteiger partial charge on any atom is 0.411 e. The van der Waals surface area contributed by atoms with E-state index in [2.05, 4.69) is 10.1 Å². The van der Waals surface area contributed by atoms with Crippen molar-refractivity contribution in [2.24, 2.45) is 0 Å². The highest BCUT2D eigenvalue weighted by atomic mass is 19.4. The Labute approximate surface area is 96.8 Å². The quantitative estimate of drug-likeness (QED) is 0.809. The van der Waals surface area contributed by atoms with Crippen LogP contribution in [0.25, 0.3) is 0 Å². The molecule has 0 atom stereocenters. The third-order valence-electron chi connectivity index (χ3n) is 1.83. The predicted molar refractivity (Wildman–Crippen MR) is 56.5 cm³/mol. The maximum absolute atomic E-state index is 11.7. The SMILES string of the molecule is N#Cc1cccc(NCCOCC(F)(F)F)c1. The van der Waals surface area contributed by atoms with E-state index in [4.69, 9.17) is 5.26 Å². The number of halogens is 3. The number of nitriles is 1. The molecule has 1 rings (SSSR count). The van der Waals surface area contributed by atoms with Gasteiger partial charge in [-0.3, -0.25) is 0 Å². The topological polar surface area (TPSA) is 45.0 Å². The van der Waals surface area contributed by atoms with E-state index in [0.29, 0.717) is 11.3 Å². The fraction of sp³-hybridized carbons (Fsp3) is 0.364. The van der Waals surface area contributed by atoms with Gasteiger partial charge in [0.05, 0.1) is 18.2 Å². The summed E-state index contributed by atoms with van der Waals surface area (Å²) >= 11 is 0. The van der Waals surface area contributed by atoms with Crippen LogP contribution in [-0.4, -0.2) is 25.9 Å². The van der Waals surface area contributed by atoms with Crippen LogP contribution in [0.3, 0.4) is 0 Å². The number of ether oxygens (including phenoxy) is 1. The fourth-order valence-electron chi connectivity index (χ4n) is 1.15. The zero-order valence-electron chi connectivity index (χ0n) is 8.92. The largest absolute Gasteiger partial charge is 0.411 e. The molecule has 3 nitrogen and oxygen atoms in total. The Morgan fingerprint density at radius 2 is 2.12 bits per heavy atom. The highest BCUT2D eigenvalue weighted by molar-refractivity contribution is 5.48. The smallest absolute Gasteiger partial charge is 0.383 e. The number of hydrogen-bond acceptors (Lipinski definition) is 3. The Bertz CT molecular complexity index is 398. The van der Waals surface area contributed by atoms with E-state index < -0.39 is 12.8 Å². The van der Waals surface area contributed by atoms with Crippen LogP contribution >= 0.6 is 0 Å². The van der Waals surface area contributed by atoms with Crippen molar-refractivity contribution in [3.8, 4) is 6.07 Å². The molecule has 0 heterocycles. The third kappa shape index (κ3) is 5.78. The Hall–Kier alpha value is -1.74. The second-order valence-electron chi connectivity index (χ2n) is 3.29. The number of alkyl halides is 3. The minimum absolute atomic E-state index is 0.0453. The van der Waals surface area contributed by atoms with Gasteiger partial charge in [0.15, 0.2) is 0 Å². The second-order valence-corrected chi connectivity index (χ2v) is 3.29. The standard InChI is InChI=1S/C11H11F3N2O/c12-11(13,14)8-17-5-4-16-10-3-1-2-9(6-10)7-15/h1-3,6,16H,4-5,8H2. The van der Waals surface area contributed by atoms with Crippen molar-refractivity contribution in [3.63, 3.8) is 0 Å². The summed E-state index contributed by atoms with van der Waals surface area (Å²) in [6, 6.07) is 8.65. The molecule has 1 aromatic rings. The summed E-state index contributed by atoms with van der Waals surface area (Å²) in [5.74, 6) is 0. The summed E-state index contributed by atoms with van der Waals surface area (Å²) in [6.07, 6.45) is -4.29. The van der Waals surface area contributed by atoms with Gasteiger partial charge in [0, 0.05) is 12.2 Å². The summed E-state index contributed by atoms with van der Waals surface area (Å²) in [5.41, 5.74) is 1.17. The lowest BCUT2D eigenvalue weighted by Gasteiger charge is -2.09. The monoisotopic (exact) mass is 244 g/mol. The molecule has 17 heavy (non-hydrogen) atoms. The molecule has 1 N–H and O–H groups in total. The molecule has 0 fully saturated rings. The van der Waals surface area contributed by atoms with Crippen LogP contribution in [0.5, 0.6) is 0 Å². The maximum atomic E-state index is 11.7. The van der Waals surface area contributed by atoms with Gasteiger partial charge in [-0.15, -0.1) is 0 Å². The Kier molecular flexibility index (Phi) is 4.79. The molecule has 0 radical (unpaired) electrons. The Morgan fingerprint density at radius 3 is 2.76 bits per heavy atom. The van der Waals surface area contributed by atoms with Crippen molar-refractivity contribution in [2.45, 2.75) is 6.18 Å². The molecule has 0 saturated heterocycles. The van der Waals surface area contributed by atoms with E-state index in [1.807, 2.05) is 6.07 Å². The summed E-state index contributed by atoms with van der Waals surface area (Å²) < 4.78 is 39.6. The first-order chi connectivity index (χ1) is 8.01. The molecule has 0 aliphatic carbocycles. The van der Waals surface area contributed by atoms with E-state index in [9.17, 15) is 13.2 Å². The number of anilines is 1. The molecule has 0 aliphatic heterocycles. The summed E-state index contributed by atoms with van der Waals surface area (Å²) in [7, 11) is 0. The first-order valence-corrected chi connectivity index (χ1v) is 4.90. The zero-order valence-corrected chi connectivity index (χ0v) is 8.92. The van der Waals surface area contributed by atoms with Crippen molar-refractivity contribution in [3.05, 3.63) is 29.8 Å².